The molecule has 36 heavy (non-hydrogen) atoms. The second kappa shape index (κ2) is 13.6. The summed E-state index contributed by atoms with van der Waals surface area (Å²) in [4.78, 5) is 35.5. The number of imide groups is 1. The van der Waals surface area contributed by atoms with E-state index in [2.05, 4.69) is 5.09 Å². The third-order valence-electron chi connectivity index (χ3n) is 5.08. The molecule has 12 nitrogen and oxygen atoms in total. The van der Waals surface area contributed by atoms with Gasteiger partial charge in [0.2, 0.25) is 6.41 Å². The van der Waals surface area contributed by atoms with Crippen LogP contribution in [0.25, 0.3) is 0 Å². The minimum absolute atomic E-state index is 0.186. The highest BCUT2D eigenvalue weighted by molar-refractivity contribution is 7.45. The molecule has 1 aliphatic heterocycles. The van der Waals surface area contributed by atoms with Crippen LogP contribution in [0.4, 0.5) is 0 Å². The summed E-state index contributed by atoms with van der Waals surface area (Å²) in [6.45, 7) is 6.30. The molecule has 1 saturated heterocycles. The second-order valence-corrected chi connectivity index (χ2v) is 9.81. The van der Waals surface area contributed by atoms with Gasteiger partial charge in [0.15, 0.2) is 6.23 Å². The number of hydrogen-bond acceptors (Lipinski definition) is 11. The highest BCUT2D eigenvalue weighted by Gasteiger charge is 2.53. The molecule has 0 saturated carbocycles. The molecule has 1 fully saturated rings. The molecule has 4 N–H and O–H groups in total. The Morgan fingerprint density at radius 3 is 2.56 bits per heavy atom. The fourth-order valence-corrected chi connectivity index (χ4v) is 4.46. The SMILES string of the molecule is CC(C)OC(=O)[C@H](C)NP(OCC1O[C@@H](N(C)/C=C\C(=O)NC=O)C(C)(O)[C@H]1O)Oc1ccccc1. The first-order chi connectivity index (χ1) is 16.9. The van der Waals surface area contributed by atoms with Gasteiger partial charge in [0.05, 0.1) is 12.7 Å². The molecule has 1 aliphatic rings. The molecule has 0 spiro atoms. The summed E-state index contributed by atoms with van der Waals surface area (Å²) in [6.07, 6.45) is -0.996. The number of rotatable bonds is 13. The summed E-state index contributed by atoms with van der Waals surface area (Å²) in [6, 6.07) is 8.08. The number of carbonyl (C=O) groups is 3. The number of aliphatic hydroxyl groups is 2. The van der Waals surface area contributed by atoms with Crippen LogP contribution in [0.5, 0.6) is 5.75 Å². The van der Waals surface area contributed by atoms with Crippen molar-refractivity contribution in [2.45, 2.75) is 63.9 Å². The smallest absolute Gasteiger partial charge is 0.323 e. The van der Waals surface area contributed by atoms with Gasteiger partial charge in [0, 0.05) is 19.3 Å². The zero-order valence-corrected chi connectivity index (χ0v) is 21.8. The number of nitrogens with one attached hydrogen (secondary N) is 2. The van der Waals surface area contributed by atoms with Gasteiger partial charge in [0.1, 0.15) is 29.6 Å². The van der Waals surface area contributed by atoms with Gasteiger partial charge < -0.3 is 33.6 Å². The standard InChI is InChI=1S/C23H34N3O9P/c1-15(2)33-21(30)16(3)25-36(35-17-9-7-6-8-10-17)32-13-18-20(29)23(4,31)22(34-18)26(5)12-11-19(28)24-14-27/h6-12,14-16,18,20,22,25,29,31H,13H2,1-5H3,(H,24,27,28)/b12-11-/t16-,18?,20-,22+,23?,36?/m0/s1. The van der Waals surface area contributed by atoms with Crippen LogP contribution in [0.3, 0.4) is 0 Å². The molecular formula is C23H34N3O9P. The van der Waals surface area contributed by atoms with E-state index in [1.165, 1.54) is 25.1 Å². The molecule has 0 bridgehead atoms. The lowest BCUT2D eigenvalue weighted by Gasteiger charge is -2.32. The van der Waals surface area contributed by atoms with Crippen LogP contribution >= 0.6 is 8.53 Å². The van der Waals surface area contributed by atoms with Gasteiger partial charge in [-0.3, -0.25) is 19.7 Å². The van der Waals surface area contributed by atoms with Gasteiger partial charge in [-0.2, -0.15) is 0 Å². The van der Waals surface area contributed by atoms with Gasteiger partial charge in [-0.15, -0.1) is 0 Å². The summed E-state index contributed by atoms with van der Waals surface area (Å²) in [5, 5.41) is 26.5. The van der Waals surface area contributed by atoms with Gasteiger partial charge in [-0.1, -0.05) is 18.2 Å². The predicted molar refractivity (Wildman–Crippen MR) is 130 cm³/mol. The Balaban J connectivity index is 2.08. The fraction of sp³-hybridized carbons (Fsp3) is 0.522. The molecule has 1 aromatic carbocycles. The van der Waals surface area contributed by atoms with E-state index in [4.69, 9.17) is 18.5 Å². The fourth-order valence-electron chi connectivity index (χ4n) is 3.26. The van der Waals surface area contributed by atoms with Crippen LogP contribution in [0.1, 0.15) is 27.7 Å². The van der Waals surface area contributed by atoms with Crippen molar-refractivity contribution in [1.82, 2.24) is 15.3 Å². The molecule has 1 aromatic rings. The maximum Gasteiger partial charge on any atom is 0.323 e. The molecule has 0 aliphatic carbocycles. The Morgan fingerprint density at radius 1 is 1.28 bits per heavy atom. The van der Waals surface area contributed by atoms with E-state index in [0.717, 1.165) is 6.08 Å². The van der Waals surface area contributed by atoms with E-state index in [9.17, 15) is 24.6 Å². The average Bonchev–Trinajstić information content (AvgIpc) is 3.04. The number of aliphatic hydroxyl groups excluding tert-OH is 1. The van der Waals surface area contributed by atoms with Gasteiger partial charge in [0.25, 0.3) is 5.91 Å². The van der Waals surface area contributed by atoms with Crippen molar-refractivity contribution in [1.29, 1.82) is 0 Å². The molecule has 13 heteroatoms. The summed E-state index contributed by atoms with van der Waals surface area (Å²) < 4.78 is 22.8. The summed E-state index contributed by atoms with van der Waals surface area (Å²) >= 11 is 0. The second-order valence-electron chi connectivity index (χ2n) is 8.60. The monoisotopic (exact) mass is 527 g/mol. The zero-order chi connectivity index (χ0) is 26.9. The van der Waals surface area contributed by atoms with Crippen molar-refractivity contribution in [3.8, 4) is 5.75 Å². The van der Waals surface area contributed by atoms with Gasteiger partial charge >= 0.3 is 14.5 Å². The number of hydrogen-bond donors (Lipinski definition) is 4. The van der Waals surface area contributed by atoms with Crippen molar-refractivity contribution in [2.24, 2.45) is 0 Å². The Bertz CT molecular complexity index is 900. The molecule has 2 rings (SSSR count). The van der Waals surface area contributed by atoms with Crippen molar-refractivity contribution < 1.29 is 43.1 Å². The number of likely N-dealkylation sites (N-methyl/N-ethyl adjacent to an activating group) is 1. The zero-order valence-electron chi connectivity index (χ0n) is 20.9. The number of nitrogens with zero attached hydrogens (tertiary/aromatic N) is 1. The van der Waals surface area contributed by atoms with E-state index >= 15 is 0 Å². The molecular weight excluding hydrogens is 493 g/mol. The quantitative estimate of drug-likeness (QED) is 0.125. The van der Waals surface area contributed by atoms with E-state index in [1.54, 1.807) is 45.0 Å². The highest BCUT2D eigenvalue weighted by atomic mass is 31.2. The Hall–Kier alpha value is -2.60. The Morgan fingerprint density at radius 2 is 1.94 bits per heavy atom. The van der Waals surface area contributed by atoms with Crippen LogP contribution in [0.2, 0.25) is 0 Å². The maximum absolute atomic E-state index is 12.3. The minimum atomic E-state index is -1.89. The topological polar surface area (TPSA) is 156 Å². The Labute approximate surface area is 211 Å². The largest absolute Gasteiger partial charge is 0.462 e. The normalized spacial score (nSPS) is 25.4. The van der Waals surface area contributed by atoms with Crippen molar-refractivity contribution in [3.05, 3.63) is 42.6 Å². The number of carbonyl (C=O) groups excluding carboxylic acids is 3. The molecule has 200 valence electrons. The van der Waals surface area contributed by atoms with E-state index in [1.807, 2.05) is 11.4 Å². The van der Waals surface area contributed by atoms with Crippen LogP contribution in [0.15, 0.2) is 42.6 Å². The lowest BCUT2D eigenvalue weighted by molar-refractivity contribution is -0.149. The van der Waals surface area contributed by atoms with Crippen molar-refractivity contribution >= 4 is 26.8 Å². The first kappa shape index (κ1) is 29.6. The van der Waals surface area contributed by atoms with Crippen molar-refractivity contribution in [3.63, 3.8) is 0 Å². The maximum atomic E-state index is 12.3. The minimum Gasteiger partial charge on any atom is -0.462 e. The number of esters is 1. The molecule has 0 aromatic heterocycles. The van der Waals surface area contributed by atoms with Crippen LogP contribution in [-0.4, -0.2) is 83.2 Å². The molecule has 6 atom stereocenters. The third kappa shape index (κ3) is 8.51. The highest BCUT2D eigenvalue weighted by Crippen LogP contribution is 2.39. The van der Waals surface area contributed by atoms with E-state index in [-0.39, 0.29) is 19.1 Å². The number of ether oxygens (including phenoxy) is 2. The average molecular weight is 528 g/mol. The first-order valence-corrected chi connectivity index (χ1v) is 12.5. The van der Waals surface area contributed by atoms with Gasteiger partial charge in [-0.25, -0.2) is 5.09 Å². The third-order valence-corrected chi connectivity index (χ3v) is 6.44. The number of benzene rings is 1. The van der Waals surface area contributed by atoms with Crippen molar-refractivity contribution in [2.75, 3.05) is 13.7 Å². The van der Waals surface area contributed by atoms with Crippen LogP contribution < -0.4 is 14.9 Å². The van der Waals surface area contributed by atoms with E-state index < -0.39 is 50.5 Å². The molecule has 1 heterocycles. The van der Waals surface area contributed by atoms with Crippen LogP contribution in [0, 0.1) is 0 Å². The lowest BCUT2D eigenvalue weighted by Crippen LogP contribution is -2.50. The molecule has 3 unspecified atom stereocenters. The van der Waals surface area contributed by atoms with E-state index in [0.29, 0.717) is 5.75 Å². The van der Waals surface area contributed by atoms with Gasteiger partial charge in [-0.05, 0) is 39.8 Å². The Kier molecular flexibility index (Phi) is 11.2. The predicted octanol–water partition coefficient (Wildman–Crippen LogP) is 0.794. The number of para-hydroxylation sites is 1. The summed E-state index contributed by atoms with van der Waals surface area (Å²) in [5.41, 5.74) is -1.72. The summed E-state index contributed by atoms with van der Waals surface area (Å²) in [7, 11) is -0.350. The van der Waals surface area contributed by atoms with Crippen LogP contribution in [-0.2, 0) is 28.4 Å². The lowest BCUT2D eigenvalue weighted by atomic mass is 9.96. The number of amides is 2. The first-order valence-electron chi connectivity index (χ1n) is 11.3. The molecule has 2 amide bonds. The summed E-state index contributed by atoms with van der Waals surface area (Å²) in [5.74, 6) is -0.642. The molecule has 0 radical (unpaired) electrons.